The Hall–Kier alpha value is 0.730. The number of rotatable bonds is 0. The number of alkyl halides is 2. The van der Waals surface area contributed by atoms with Gasteiger partial charge in [0.15, 0.2) is 0 Å². The first-order valence-electron chi connectivity index (χ1n) is 2.95. The van der Waals surface area contributed by atoms with Crippen molar-refractivity contribution in [1.82, 2.24) is 0 Å². The van der Waals surface area contributed by atoms with E-state index < -0.39 is 0 Å². The molecule has 1 aliphatic heterocycles. The molecule has 0 unspecified atom stereocenters. The summed E-state index contributed by atoms with van der Waals surface area (Å²) in [6.07, 6.45) is 4.79. The van der Waals surface area contributed by atoms with E-state index in [1.165, 1.54) is 0 Å². The van der Waals surface area contributed by atoms with E-state index in [0.29, 0.717) is 21.2 Å². The van der Waals surface area contributed by atoms with Crippen molar-refractivity contribution in [1.29, 1.82) is 0 Å². The molecular weight excluding hydrogens is 199 g/mol. The molecule has 2 rings (SSSR count). The first-order chi connectivity index (χ1) is 3.41. The van der Waals surface area contributed by atoms with Gasteiger partial charge in [0, 0.05) is 0 Å². The van der Waals surface area contributed by atoms with Crippen LogP contribution in [0.3, 0.4) is 0 Å². The van der Waals surface area contributed by atoms with E-state index in [1.807, 2.05) is 0 Å². The molecular formula is C6H10I-. The van der Waals surface area contributed by atoms with Gasteiger partial charge in [0.2, 0.25) is 0 Å². The van der Waals surface area contributed by atoms with Gasteiger partial charge in [0.05, 0.1) is 0 Å². The summed E-state index contributed by atoms with van der Waals surface area (Å²) in [4.78, 5) is 0. The Bertz CT molecular complexity index is 76.2. The molecule has 0 aromatic heterocycles. The van der Waals surface area contributed by atoms with Crippen molar-refractivity contribution in [2.24, 2.45) is 5.41 Å². The third-order valence-corrected chi connectivity index (χ3v) is 5.55. The van der Waals surface area contributed by atoms with E-state index in [9.17, 15) is 0 Å². The van der Waals surface area contributed by atoms with Crippen molar-refractivity contribution in [3.8, 4) is 0 Å². The molecule has 1 saturated carbocycles. The average molecular weight is 209 g/mol. The summed E-state index contributed by atoms with van der Waals surface area (Å²) in [7, 11) is 0. The van der Waals surface area contributed by atoms with Gasteiger partial charge >= 0.3 is 54.7 Å². The third-order valence-electron chi connectivity index (χ3n) is 2.09. The maximum atomic E-state index is 1.67. The molecule has 0 bridgehead atoms. The fourth-order valence-electron chi connectivity index (χ4n) is 1.16. The first kappa shape index (κ1) is 4.59. The van der Waals surface area contributed by atoms with Crippen LogP contribution in [-0.2, 0) is 0 Å². The van der Waals surface area contributed by atoms with E-state index in [1.54, 1.807) is 28.1 Å². The summed E-state index contributed by atoms with van der Waals surface area (Å²) in [6, 6.07) is 0. The van der Waals surface area contributed by atoms with E-state index in [4.69, 9.17) is 0 Å². The summed E-state index contributed by atoms with van der Waals surface area (Å²) in [5.74, 6) is 0. The van der Waals surface area contributed by atoms with Crippen molar-refractivity contribution >= 4 is 0 Å². The molecule has 1 spiro atoms. The standard InChI is InChI=1S/C6H10I/c1-2-6(1)3-4-7-5-6/h1-5H2/q-1. The normalized spacial score (nSPS) is 35.4. The Balaban J connectivity index is 2.07. The van der Waals surface area contributed by atoms with Gasteiger partial charge in [-0.2, -0.15) is 0 Å². The van der Waals surface area contributed by atoms with Gasteiger partial charge < -0.3 is 0 Å². The zero-order valence-corrected chi connectivity index (χ0v) is 6.57. The zero-order valence-electron chi connectivity index (χ0n) is 4.41. The van der Waals surface area contributed by atoms with Crippen LogP contribution in [-0.4, -0.2) is 8.86 Å². The van der Waals surface area contributed by atoms with E-state index in [-0.39, 0.29) is 0 Å². The molecule has 0 atom stereocenters. The van der Waals surface area contributed by atoms with Crippen LogP contribution in [0.4, 0.5) is 0 Å². The maximum absolute atomic E-state index is 1.67. The van der Waals surface area contributed by atoms with Crippen molar-refractivity contribution in [2.45, 2.75) is 19.3 Å². The van der Waals surface area contributed by atoms with Crippen molar-refractivity contribution in [3.05, 3.63) is 0 Å². The molecule has 0 aromatic carbocycles. The molecule has 0 N–H and O–H groups in total. The van der Waals surface area contributed by atoms with Gasteiger partial charge in [0.1, 0.15) is 0 Å². The third kappa shape index (κ3) is 0.694. The fraction of sp³-hybridized carbons (Fsp3) is 1.00. The molecule has 42 valence electrons. The Labute approximate surface area is 54.9 Å². The molecule has 7 heavy (non-hydrogen) atoms. The second-order valence-corrected chi connectivity index (χ2v) is 5.68. The molecule has 1 aliphatic carbocycles. The van der Waals surface area contributed by atoms with Crippen molar-refractivity contribution in [2.75, 3.05) is 8.86 Å². The topological polar surface area (TPSA) is 0 Å². The van der Waals surface area contributed by atoms with Crippen LogP contribution in [0.5, 0.6) is 0 Å². The number of hydrogen-bond donors (Lipinski definition) is 0. The predicted octanol–water partition coefficient (Wildman–Crippen LogP) is -1.74. The van der Waals surface area contributed by atoms with Crippen LogP contribution in [0.15, 0.2) is 0 Å². The Morgan fingerprint density at radius 3 is 2.29 bits per heavy atom. The quantitative estimate of drug-likeness (QED) is 0.328. The van der Waals surface area contributed by atoms with Gasteiger partial charge in [-0.15, -0.1) is 0 Å². The summed E-state index contributed by atoms with van der Waals surface area (Å²) >= 11 is 0.715. The van der Waals surface area contributed by atoms with Gasteiger partial charge in [-0.25, -0.2) is 0 Å². The molecule has 0 nitrogen and oxygen atoms in total. The molecule has 0 amide bonds. The summed E-state index contributed by atoms with van der Waals surface area (Å²) in [5.41, 5.74) is 0.993. The molecule has 0 radical (unpaired) electrons. The minimum atomic E-state index is 0.715. The summed E-state index contributed by atoms with van der Waals surface area (Å²) in [5, 5.41) is 0. The van der Waals surface area contributed by atoms with Crippen LogP contribution < -0.4 is 21.2 Å². The Morgan fingerprint density at radius 1 is 1.14 bits per heavy atom. The second-order valence-electron chi connectivity index (χ2n) is 2.76. The van der Waals surface area contributed by atoms with Crippen LogP contribution in [0.25, 0.3) is 0 Å². The van der Waals surface area contributed by atoms with E-state index in [0.717, 1.165) is 5.41 Å². The first-order valence-corrected chi connectivity index (χ1v) is 6.00. The van der Waals surface area contributed by atoms with Gasteiger partial charge in [-0.1, -0.05) is 0 Å². The monoisotopic (exact) mass is 209 g/mol. The molecule has 2 fully saturated rings. The molecule has 1 heterocycles. The fourth-order valence-corrected chi connectivity index (χ4v) is 5.36. The summed E-state index contributed by atoms with van der Waals surface area (Å²) in [6.45, 7) is 0. The van der Waals surface area contributed by atoms with Crippen molar-refractivity contribution in [3.63, 3.8) is 0 Å². The SMILES string of the molecule is C1CC2(CC2)C[I-]1. The molecule has 2 aliphatic rings. The summed E-state index contributed by atoms with van der Waals surface area (Å²) < 4.78 is 3.31. The second kappa shape index (κ2) is 1.36. The van der Waals surface area contributed by atoms with Crippen LogP contribution in [0.1, 0.15) is 19.3 Å². The number of halogens is 1. The Morgan fingerprint density at radius 2 is 2.00 bits per heavy atom. The predicted molar refractivity (Wildman–Crippen MR) is 26.0 cm³/mol. The van der Waals surface area contributed by atoms with Gasteiger partial charge in [-0.05, 0) is 0 Å². The van der Waals surface area contributed by atoms with Crippen LogP contribution in [0, 0.1) is 5.41 Å². The van der Waals surface area contributed by atoms with Gasteiger partial charge in [-0.3, -0.25) is 0 Å². The van der Waals surface area contributed by atoms with E-state index >= 15 is 0 Å². The zero-order chi connectivity index (χ0) is 4.74. The van der Waals surface area contributed by atoms with E-state index in [2.05, 4.69) is 0 Å². The van der Waals surface area contributed by atoms with Crippen molar-refractivity contribution < 1.29 is 21.2 Å². The van der Waals surface area contributed by atoms with Crippen LogP contribution >= 0.6 is 0 Å². The molecule has 0 aromatic rings. The molecule has 1 saturated heterocycles. The average Bonchev–Trinajstić information content (AvgIpc) is 2.15. The van der Waals surface area contributed by atoms with Gasteiger partial charge in [0.25, 0.3) is 0 Å². The van der Waals surface area contributed by atoms with Crippen LogP contribution in [0.2, 0.25) is 0 Å². The Kier molecular flexibility index (Phi) is 0.895. The molecule has 1 heteroatoms. The number of hydrogen-bond acceptors (Lipinski definition) is 0. The minimum absolute atomic E-state index is 0.715.